The fourth-order valence-corrected chi connectivity index (χ4v) is 5.72. The lowest BCUT2D eigenvalue weighted by Crippen LogP contribution is -2.36. The maximum absolute atomic E-state index is 13.4. The molecule has 5 rings (SSSR count). The van der Waals surface area contributed by atoms with Gasteiger partial charge in [0.05, 0.1) is 6.61 Å². The van der Waals surface area contributed by atoms with E-state index in [2.05, 4.69) is 72.0 Å². The van der Waals surface area contributed by atoms with Gasteiger partial charge in [0, 0.05) is 55.9 Å². The Balaban J connectivity index is 1.21. The van der Waals surface area contributed by atoms with E-state index in [9.17, 15) is 4.79 Å². The summed E-state index contributed by atoms with van der Waals surface area (Å²) in [5.41, 5.74) is 7.10. The van der Waals surface area contributed by atoms with Gasteiger partial charge in [-0.2, -0.15) is 0 Å². The van der Waals surface area contributed by atoms with Crippen molar-refractivity contribution in [1.82, 2.24) is 4.90 Å². The van der Waals surface area contributed by atoms with Crippen molar-refractivity contribution in [1.29, 1.82) is 0 Å². The van der Waals surface area contributed by atoms with Gasteiger partial charge in [0.15, 0.2) is 0 Å². The number of hydrogen-bond acceptors (Lipinski definition) is 6. The van der Waals surface area contributed by atoms with Crippen molar-refractivity contribution in [2.75, 3.05) is 57.3 Å². The minimum atomic E-state index is -0.0458. The maximum Gasteiger partial charge on any atom is 0.251 e. The zero-order chi connectivity index (χ0) is 30.6. The van der Waals surface area contributed by atoms with Crippen LogP contribution in [0.25, 0.3) is 17.2 Å². The fourth-order valence-electron chi connectivity index (χ4n) is 5.72. The lowest BCUT2D eigenvalue weighted by Gasteiger charge is -2.31. The van der Waals surface area contributed by atoms with Crippen LogP contribution in [0.4, 0.5) is 11.4 Å². The van der Waals surface area contributed by atoms with Crippen LogP contribution in [-0.4, -0.2) is 63.5 Å². The Labute approximate surface area is 262 Å². The Morgan fingerprint density at radius 3 is 2.52 bits per heavy atom. The minimum Gasteiger partial charge on any atom is -0.491 e. The second-order valence-corrected chi connectivity index (χ2v) is 11.8. The summed E-state index contributed by atoms with van der Waals surface area (Å²) in [5, 5.41) is 6.67. The van der Waals surface area contributed by atoms with Crippen molar-refractivity contribution >= 4 is 23.4 Å². The van der Waals surface area contributed by atoms with Crippen LogP contribution >= 0.6 is 0 Å². The minimum absolute atomic E-state index is 0.0458. The molecule has 1 saturated heterocycles. The molecule has 7 nitrogen and oxygen atoms in total. The van der Waals surface area contributed by atoms with Crippen LogP contribution in [0.3, 0.4) is 0 Å². The Bertz CT molecular complexity index is 1360. The fraction of sp³-hybridized carbons (Fsp3) is 0.432. The summed E-state index contributed by atoms with van der Waals surface area (Å²) < 4.78 is 16.9. The third kappa shape index (κ3) is 9.18. The van der Waals surface area contributed by atoms with Crippen LogP contribution < -0.4 is 15.4 Å². The van der Waals surface area contributed by atoms with E-state index in [0.29, 0.717) is 25.7 Å². The molecule has 0 bridgehead atoms. The molecule has 2 heterocycles. The Morgan fingerprint density at radius 1 is 0.977 bits per heavy atom. The molecule has 0 spiro atoms. The zero-order valence-electron chi connectivity index (χ0n) is 26.3. The Morgan fingerprint density at radius 2 is 1.75 bits per heavy atom. The molecule has 44 heavy (non-hydrogen) atoms. The van der Waals surface area contributed by atoms with Gasteiger partial charge in [0.1, 0.15) is 12.4 Å². The normalized spacial score (nSPS) is 15.5. The molecule has 0 aliphatic carbocycles. The third-order valence-electron chi connectivity index (χ3n) is 8.40. The Hall–Kier alpha value is -3.65. The van der Waals surface area contributed by atoms with Crippen LogP contribution in [0.15, 0.2) is 72.3 Å². The van der Waals surface area contributed by atoms with Gasteiger partial charge >= 0.3 is 0 Å². The number of hydrogen-bond donors (Lipinski definition) is 2. The van der Waals surface area contributed by atoms with Gasteiger partial charge in [-0.15, -0.1) is 0 Å². The maximum atomic E-state index is 13.4. The van der Waals surface area contributed by atoms with E-state index in [-0.39, 0.29) is 5.91 Å². The number of carbonyl (C=O) groups is 1. The molecule has 1 amide bonds. The van der Waals surface area contributed by atoms with Crippen molar-refractivity contribution in [3.8, 4) is 16.9 Å². The summed E-state index contributed by atoms with van der Waals surface area (Å²) in [6.45, 7) is 7.48. The number of anilines is 2. The largest absolute Gasteiger partial charge is 0.491 e. The molecule has 234 valence electrons. The second kappa shape index (κ2) is 16.4. The van der Waals surface area contributed by atoms with E-state index < -0.39 is 0 Å². The van der Waals surface area contributed by atoms with Gasteiger partial charge in [-0.3, -0.25) is 9.69 Å². The molecular formula is C37H47N3O4. The smallest absolute Gasteiger partial charge is 0.251 e. The van der Waals surface area contributed by atoms with Gasteiger partial charge < -0.3 is 24.8 Å². The SMILES string of the molecule is CCCCOCCOc1ccc(-c2ccc3c(c2)C=C(C(=O)Nc2ccc(CN(C)C4CCOCC4)cc2)CCCN3)cc1. The average Bonchev–Trinajstić information content (AvgIpc) is 3.04. The number of rotatable bonds is 13. The number of amides is 1. The van der Waals surface area contributed by atoms with Gasteiger partial charge in [-0.1, -0.05) is 43.7 Å². The summed E-state index contributed by atoms with van der Waals surface area (Å²) in [6, 6.07) is 23.3. The number of nitrogens with zero attached hydrogens (tertiary/aromatic N) is 1. The number of nitrogens with one attached hydrogen (secondary N) is 2. The summed E-state index contributed by atoms with van der Waals surface area (Å²) in [4.78, 5) is 15.8. The number of fused-ring (bicyclic) bond motifs is 1. The molecule has 3 aromatic rings. The van der Waals surface area contributed by atoms with E-state index in [1.54, 1.807) is 0 Å². The molecule has 3 aromatic carbocycles. The van der Waals surface area contributed by atoms with Crippen LogP contribution in [0, 0.1) is 0 Å². The summed E-state index contributed by atoms with van der Waals surface area (Å²) in [7, 11) is 2.18. The highest BCUT2D eigenvalue weighted by atomic mass is 16.5. The second-order valence-electron chi connectivity index (χ2n) is 11.8. The molecule has 0 aromatic heterocycles. The van der Waals surface area contributed by atoms with Crippen LogP contribution in [0.5, 0.6) is 5.75 Å². The summed E-state index contributed by atoms with van der Waals surface area (Å²) in [5.74, 6) is 0.787. The molecular weight excluding hydrogens is 550 g/mol. The van der Waals surface area contributed by atoms with Crippen molar-refractivity contribution in [2.45, 2.75) is 58.0 Å². The number of carbonyl (C=O) groups excluding carboxylic acids is 1. The highest BCUT2D eigenvalue weighted by Crippen LogP contribution is 2.30. The molecule has 0 radical (unpaired) electrons. The van der Waals surface area contributed by atoms with E-state index in [1.807, 2.05) is 30.3 Å². The summed E-state index contributed by atoms with van der Waals surface area (Å²) in [6.07, 6.45) is 8.01. The lowest BCUT2D eigenvalue weighted by atomic mass is 9.97. The molecule has 2 N–H and O–H groups in total. The van der Waals surface area contributed by atoms with Gasteiger partial charge in [0.25, 0.3) is 5.91 Å². The lowest BCUT2D eigenvalue weighted by molar-refractivity contribution is -0.112. The zero-order valence-corrected chi connectivity index (χ0v) is 26.3. The standard InChI is InChI=1S/C37H47N3O4/c1-3-4-20-42-23-24-44-35-14-9-29(10-15-35)30-11-16-36-32(25-30)26-31(6-5-19-38-36)37(41)39-33-12-7-28(8-13-33)27-40(2)34-17-21-43-22-18-34/h7-16,25-26,34,38H,3-6,17-24,27H2,1-2H3,(H,39,41). The van der Waals surface area contributed by atoms with E-state index in [0.717, 1.165) is 104 Å². The number of unbranched alkanes of at least 4 members (excludes halogenated alkanes) is 1. The topological polar surface area (TPSA) is 72.1 Å². The molecule has 1 fully saturated rings. The van der Waals surface area contributed by atoms with Crippen molar-refractivity contribution in [3.63, 3.8) is 0 Å². The van der Waals surface area contributed by atoms with E-state index in [4.69, 9.17) is 14.2 Å². The highest BCUT2D eigenvalue weighted by molar-refractivity contribution is 6.07. The average molecular weight is 598 g/mol. The van der Waals surface area contributed by atoms with E-state index in [1.165, 1.54) is 5.56 Å². The first-order valence-electron chi connectivity index (χ1n) is 16.2. The van der Waals surface area contributed by atoms with E-state index >= 15 is 0 Å². The van der Waals surface area contributed by atoms with Crippen LogP contribution in [0.1, 0.15) is 56.6 Å². The molecule has 7 heteroatoms. The highest BCUT2D eigenvalue weighted by Gasteiger charge is 2.19. The summed E-state index contributed by atoms with van der Waals surface area (Å²) >= 11 is 0. The third-order valence-corrected chi connectivity index (χ3v) is 8.40. The predicted molar refractivity (Wildman–Crippen MR) is 179 cm³/mol. The first-order valence-corrected chi connectivity index (χ1v) is 16.2. The first-order chi connectivity index (χ1) is 21.6. The van der Waals surface area contributed by atoms with Crippen molar-refractivity contribution in [3.05, 3.63) is 83.4 Å². The molecule has 2 aliphatic heterocycles. The first kappa shape index (κ1) is 31.8. The van der Waals surface area contributed by atoms with Crippen LogP contribution in [0.2, 0.25) is 0 Å². The van der Waals surface area contributed by atoms with Crippen LogP contribution in [-0.2, 0) is 20.8 Å². The molecule has 0 atom stereocenters. The quantitative estimate of drug-likeness (QED) is 0.200. The number of benzene rings is 3. The van der Waals surface area contributed by atoms with Gasteiger partial charge in [-0.25, -0.2) is 0 Å². The van der Waals surface area contributed by atoms with Gasteiger partial charge in [0.2, 0.25) is 0 Å². The van der Waals surface area contributed by atoms with Crippen molar-refractivity contribution < 1.29 is 19.0 Å². The molecule has 0 unspecified atom stereocenters. The van der Waals surface area contributed by atoms with Gasteiger partial charge in [-0.05, 0) is 104 Å². The molecule has 2 aliphatic rings. The monoisotopic (exact) mass is 597 g/mol. The van der Waals surface area contributed by atoms with Crippen molar-refractivity contribution in [2.24, 2.45) is 0 Å². The Kier molecular flexibility index (Phi) is 11.9. The molecule has 0 saturated carbocycles. The number of ether oxygens (including phenoxy) is 3. The predicted octanol–water partition coefficient (Wildman–Crippen LogP) is 7.39.